The van der Waals surface area contributed by atoms with Gasteiger partial charge in [0.1, 0.15) is 5.75 Å². The summed E-state index contributed by atoms with van der Waals surface area (Å²) >= 11 is 0. The summed E-state index contributed by atoms with van der Waals surface area (Å²) < 4.78 is 41.9. The van der Waals surface area contributed by atoms with Gasteiger partial charge in [-0.15, -0.1) is 0 Å². The molecule has 0 unspecified atom stereocenters. The summed E-state index contributed by atoms with van der Waals surface area (Å²) in [5.74, 6) is 0.988. The van der Waals surface area contributed by atoms with E-state index in [0.29, 0.717) is 41.5 Å². The van der Waals surface area contributed by atoms with Crippen molar-refractivity contribution in [2.45, 2.75) is 11.3 Å². The van der Waals surface area contributed by atoms with Gasteiger partial charge in [-0.2, -0.15) is 0 Å². The zero-order chi connectivity index (χ0) is 21.3. The number of methoxy groups -OCH3 is 3. The maximum atomic E-state index is 13.3. The topological polar surface area (TPSA) is 85.4 Å². The average molecular weight is 420 g/mol. The van der Waals surface area contributed by atoms with E-state index in [-0.39, 0.29) is 10.8 Å². The molecular formula is C20H24N2O6S. The van der Waals surface area contributed by atoms with Crippen LogP contribution < -0.4 is 19.1 Å². The fourth-order valence-corrected chi connectivity index (χ4v) is 4.25. The molecule has 0 atom stereocenters. The Bertz CT molecular complexity index is 1050. The van der Waals surface area contributed by atoms with E-state index in [9.17, 15) is 13.2 Å². The van der Waals surface area contributed by atoms with Crippen molar-refractivity contribution >= 4 is 21.6 Å². The standard InChI is InChI=1S/C20H24N2O6S/c1-21(2)29(24,25)14-6-7-16-13(10-14)8-9-22(16)20(23)15-11-18(27-4)19(28-5)12-17(15)26-3/h6-7,10-12H,8-9H2,1-5H3. The molecular weight excluding hydrogens is 396 g/mol. The van der Waals surface area contributed by atoms with Gasteiger partial charge in [-0.05, 0) is 30.2 Å². The quantitative estimate of drug-likeness (QED) is 0.712. The van der Waals surface area contributed by atoms with Crippen LogP contribution in [-0.2, 0) is 16.4 Å². The first-order valence-electron chi connectivity index (χ1n) is 8.92. The molecule has 0 N–H and O–H groups in total. The Morgan fingerprint density at radius 3 is 2.17 bits per heavy atom. The maximum absolute atomic E-state index is 13.3. The molecule has 0 saturated heterocycles. The van der Waals surface area contributed by atoms with E-state index < -0.39 is 10.0 Å². The fourth-order valence-electron chi connectivity index (χ4n) is 3.30. The third-order valence-electron chi connectivity index (χ3n) is 4.91. The van der Waals surface area contributed by atoms with Gasteiger partial charge >= 0.3 is 0 Å². The van der Waals surface area contributed by atoms with Crippen LogP contribution in [0.1, 0.15) is 15.9 Å². The van der Waals surface area contributed by atoms with Crippen molar-refractivity contribution in [1.82, 2.24) is 4.31 Å². The predicted molar refractivity (Wildman–Crippen MR) is 109 cm³/mol. The Labute approximate surface area is 170 Å². The highest BCUT2D eigenvalue weighted by molar-refractivity contribution is 7.89. The molecule has 1 aliphatic heterocycles. The zero-order valence-corrected chi connectivity index (χ0v) is 17.9. The first-order chi connectivity index (χ1) is 13.7. The van der Waals surface area contributed by atoms with E-state index in [4.69, 9.17) is 14.2 Å². The number of fused-ring (bicyclic) bond motifs is 1. The highest BCUT2D eigenvalue weighted by Gasteiger charge is 2.30. The molecule has 0 aliphatic carbocycles. The molecule has 0 aromatic heterocycles. The lowest BCUT2D eigenvalue weighted by atomic mass is 10.1. The van der Waals surface area contributed by atoms with Crippen LogP contribution in [0.3, 0.4) is 0 Å². The number of hydrogen-bond acceptors (Lipinski definition) is 6. The van der Waals surface area contributed by atoms with Gasteiger partial charge in [0.15, 0.2) is 11.5 Å². The van der Waals surface area contributed by atoms with E-state index >= 15 is 0 Å². The second kappa shape index (κ2) is 7.92. The Balaban J connectivity index is 2.00. The third kappa shape index (κ3) is 3.63. The molecule has 3 rings (SSSR count). The molecule has 0 saturated carbocycles. The average Bonchev–Trinajstić information content (AvgIpc) is 3.15. The number of benzene rings is 2. The van der Waals surface area contributed by atoms with E-state index in [1.165, 1.54) is 45.8 Å². The molecule has 29 heavy (non-hydrogen) atoms. The van der Waals surface area contributed by atoms with Crippen molar-refractivity contribution in [1.29, 1.82) is 0 Å². The van der Waals surface area contributed by atoms with E-state index in [1.54, 1.807) is 29.2 Å². The van der Waals surface area contributed by atoms with E-state index in [2.05, 4.69) is 0 Å². The van der Waals surface area contributed by atoms with Gasteiger partial charge in [-0.3, -0.25) is 4.79 Å². The number of amides is 1. The number of sulfonamides is 1. The van der Waals surface area contributed by atoms with Crippen molar-refractivity contribution in [2.24, 2.45) is 0 Å². The van der Waals surface area contributed by atoms with Gasteiger partial charge in [-0.25, -0.2) is 12.7 Å². The molecule has 8 nitrogen and oxygen atoms in total. The summed E-state index contributed by atoms with van der Waals surface area (Å²) in [6, 6.07) is 8.01. The summed E-state index contributed by atoms with van der Waals surface area (Å²) in [6.07, 6.45) is 0.563. The van der Waals surface area contributed by atoms with Crippen molar-refractivity contribution in [3.05, 3.63) is 41.5 Å². The lowest BCUT2D eigenvalue weighted by Crippen LogP contribution is -2.29. The summed E-state index contributed by atoms with van der Waals surface area (Å²) in [5, 5.41) is 0. The van der Waals surface area contributed by atoms with Gasteiger partial charge in [-0.1, -0.05) is 0 Å². The number of carbonyl (C=O) groups is 1. The molecule has 156 valence electrons. The van der Waals surface area contributed by atoms with Crippen molar-refractivity contribution in [3.63, 3.8) is 0 Å². The van der Waals surface area contributed by atoms with E-state index in [0.717, 1.165) is 5.56 Å². The van der Waals surface area contributed by atoms with Crippen molar-refractivity contribution < 1.29 is 27.4 Å². The lowest BCUT2D eigenvalue weighted by Gasteiger charge is -2.20. The molecule has 1 amide bonds. The first-order valence-corrected chi connectivity index (χ1v) is 10.4. The van der Waals surface area contributed by atoms with Gasteiger partial charge in [0.05, 0.1) is 31.8 Å². The smallest absolute Gasteiger partial charge is 0.262 e. The Morgan fingerprint density at radius 2 is 1.59 bits per heavy atom. The Hall–Kier alpha value is -2.78. The van der Waals surface area contributed by atoms with Gasteiger partial charge in [0.25, 0.3) is 5.91 Å². The number of carbonyl (C=O) groups excluding carboxylic acids is 1. The predicted octanol–water partition coefficient (Wildman–Crippen LogP) is 2.17. The van der Waals surface area contributed by atoms with Crippen LogP contribution in [0, 0.1) is 0 Å². The monoisotopic (exact) mass is 420 g/mol. The van der Waals surface area contributed by atoms with Crippen LogP contribution in [0.5, 0.6) is 17.2 Å². The number of rotatable bonds is 6. The normalized spacial score (nSPS) is 13.4. The first kappa shape index (κ1) is 20.9. The van der Waals surface area contributed by atoms with Crippen LogP contribution in [0.25, 0.3) is 0 Å². The van der Waals surface area contributed by atoms with Crippen LogP contribution in [-0.4, -0.2) is 60.6 Å². The Morgan fingerprint density at radius 1 is 0.966 bits per heavy atom. The molecule has 0 radical (unpaired) electrons. The van der Waals surface area contributed by atoms with Crippen LogP contribution >= 0.6 is 0 Å². The summed E-state index contributed by atoms with van der Waals surface area (Å²) in [6.45, 7) is 0.442. The highest BCUT2D eigenvalue weighted by Crippen LogP contribution is 2.38. The van der Waals surface area contributed by atoms with Crippen molar-refractivity contribution in [2.75, 3.05) is 46.9 Å². The molecule has 2 aromatic rings. The molecule has 0 spiro atoms. The van der Waals surface area contributed by atoms with Crippen LogP contribution in [0.15, 0.2) is 35.2 Å². The van der Waals surface area contributed by atoms with Gasteiger partial charge in [0, 0.05) is 38.5 Å². The molecule has 0 fully saturated rings. The maximum Gasteiger partial charge on any atom is 0.262 e. The zero-order valence-electron chi connectivity index (χ0n) is 17.1. The molecule has 0 bridgehead atoms. The Kier molecular flexibility index (Phi) is 5.72. The minimum atomic E-state index is -3.54. The lowest BCUT2D eigenvalue weighted by molar-refractivity contribution is 0.0986. The fraction of sp³-hybridized carbons (Fsp3) is 0.350. The largest absolute Gasteiger partial charge is 0.496 e. The number of ether oxygens (including phenoxy) is 3. The van der Waals surface area contributed by atoms with Gasteiger partial charge in [0.2, 0.25) is 10.0 Å². The molecule has 1 aliphatic rings. The van der Waals surface area contributed by atoms with Crippen molar-refractivity contribution in [3.8, 4) is 17.2 Å². The van der Waals surface area contributed by atoms with Gasteiger partial charge < -0.3 is 19.1 Å². The number of anilines is 1. The summed E-state index contributed by atoms with van der Waals surface area (Å²) in [5.41, 5.74) is 1.83. The number of hydrogen-bond donors (Lipinski definition) is 0. The minimum Gasteiger partial charge on any atom is -0.496 e. The molecule has 9 heteroatoms. The van der Waals surface area contributed by atoms with Crippen LogP contribution in [0.2, 0.25) is 0 Å². The molecule has 1 heterocycles. The van der Waals surface area contributed by atoms with Crippen LogP contribution in [0.4, 0.5) is 5.69 Å². The highest BCUT2D eigenvalue weighted by atomic mass is 32.2. The second-order valence-electron chi connectivity index (χ2n) is 6.69. The summed E-state index contributed by atoms with van der Waals surface area (Å²) in [4.78, 5) is 15.1. The third-order valence-corrected chi connectivity index (χ3v) is 6.72. The van der Waals surface area contributed by atoms with E-state index in [1.807, 2.05) is 0 Å². The SMILES string of the molecule is COc1cc(OC)c(C(=O)N2CCc3cc(S(=O)(=O)N(C)C)ccc32)cc1OC. The molecule has 2 aromatic carbocycles. The summed E-state index contributed by atoms with van der Waals surface area (Å²) in [7, 11) is 3.93. The number of nitrogens with zero attached hydrogens (tertiary/aromatic N) is 2. The minimum absolute atomic E-state index is 0.208. The second-order valence-corrected chi connectivity index (χ2v) is 8.84.